The van der Waals surface area contributed by atoms with Crippen molar-refractivity contribution < 1.29 is 13.9 Å². The van der Waals surface area contributed by atoms with Crippen LogP contribution in [0.5, 0.6) is 5.75 Å². The van der Waals surface area contributed by atoms with Gasteiger partial charge in [-0.25, -0.2) is 4.79 Å². The summed E-state index contributed by atoms with van der Waals surface area (Å²) in [6.45, 7) is 0.447. The summed E-state index contributed by atoms with van der Waals surface area (Å²) in [5, 5.41) is 5.62. The molecule has 0 saturated heterocycles. The number of nitrogens with zero attached hydrogens (tertiary/aromatic N) is 1. The van der Waals surface area contributed by atoms with Gasteiger partial charge in [-0.15, -0.1) is 0 Å². The number of furan rings is 1. The Balaban J connectivity index is 1.88. The third-order valence-corrected chi connectivity index (χ3v) is 3.30. The van der Waals surface area contributed by atoms with Gasteiger partial charge in [-0.3, -0.25) is 4.90 Å². The minimum Gasteiger partial charge on any atom is -0.497 e. The number of benzene rings is 1. The first-order chi connectivity index (χ1) is 10.6. The molecule has 22 heavy (non-hydrogen) atoms. The zero-order valence-corrected chi connectivity index (χ0v) is 13.0. The van der Waals surface area contributed by atoms with E-state index in [0.29, 0.717) is 12.2 Å². The van der Waals surface area contributed by atoms with Gasteiger partial charge in [0.1, 0.15) is 11.5 Å². The van der Waals surface area contributed by atoms with Gasteiger partial charge >= 0.3 is 6.03 Å². The van der Waals surface area contributed by atoms with Gasteiger partial charge in [-0.2, -0.15) is 0 Å². The third kappa shape index (κ3) is 4.26. The lowest BCUT2D eigenvalue weighted by molar-refractivity contribution is 0.233. The molecule has 118 valence electrons. The summed E-state index contributed by atoms with van der Waals surface area (Å²) in [6.07, 6.45) is 1.63. The zero-order valence-electron chi connectivity index (χ0n) is 13.0. The molecule has 1 aromatic carbocycles. The van der Waals surface area contributed by atoms with E-state index in [-0.39, 0.29) is 12.1 Å². The van der Waals surface area contributed by atoms with Crippen LogP contribution in [0.2, 0.25) is 0 Å². The maximum Gasteiger partial charge on any atom is 0.319 e. The largest absolute Gasteiger partial charge is 0.497 e. The van der Waals surface area contributed by atoms with Crippen LogP contribution < -0.4 is 15.4 Å². The zero-order chi connectivity index (χ0) is 15.9. The summed E-state index contributed by atoms with van der Waals surface area (Å²) in [7, 11) is 5.48. The van der Waals surface area contributed by atoms with Crippen LogP contribution in [-0.4, -0.2) is 38.7 Å². The molecule has 1 atom stereocenters. The van der Waals surface area contributed by atoms with E-state index in [1.54, 1.807) is 37.6 Å². The second-order valence-electron chi connectivity index (χ2n) is 5.06. The van der Waals surface area contributed by atoms with Crippen molar-refractivity contribution in [2.24, 2.45) is 0 Å². The fourth-order valence-corrected chi connectivity index (χ4v) is 2.06. The van der Waals surface area contributed by atoms with Crippen molar-refractivity contribution in [1.29, 1.82) is 0 Å². The molecule has 0 bridgehead atoms. The predicted molar refractivity (Wildman–Crippen MR) is 85.2 cm³/mol. The van der Waals surface area contributed by atoms with Gasteiger partial charge in [0.2, 0.25) is 0 Å². The number of hydrogen-bond acceptors (Lipinski definition) is 4. The number of carbonyl (C=O) groups excluding carboxylic acids is 1. The highest BCUT2D eigenvalue weighted by Crippen LogP contribution is 2.18. The maximum atomic E-state index is 12.0. The molecule has 2 rings (SSSR count). The molecular formula is C16H21N3O3. The Labute approximate surface area is 130 Å². The van der Waals surface area contributed by atoms with E-state index in [0.717, 1.165) is 11.5 Å². The first-order valence-electron chi connectivity index (χ1n) is 6.99. The Bertz CT molecular complexity index is 579. The summed E-state index contributed by atoms with van der Waals surface area (Å²) < 4.78 is 10.5. The van der Waals surface area contributed by atoms with Crippen LogP contribution >= 0.6 is 0 Å². The van der Waals surface area contributed by atoms with Crippen LogP contribution in [-0.2, 0) is 0 Å². The summed E-state index contributed by atoms with van der Waals surface area (Å²) in [6, 6.07) is 10.6. The monoisotopic (exact) mass is 303 g/mol. The number of urea groups is 1. The minimum atomic E-state index is -0.261. The van der Waals surface area contributed by atoms with Crippen LogP contribution in [0.15, 0.2) is 47.1 Å². The molecule has 6 heteroatoms. The lowest BCUT2D eigenvalue weighted by atomic mass is 10.2. The molecule has 2 aromatic rings. The molecule has 6 nitrogen and oxygen atoms in total. The Morgan fingerprint density at radius 2 is 2.00 bits per heavy atom. The van der Waals surface area contributed by atoms with E-state index in [1.165, 1.54) is 0 Å². The summed E-state index contributed by atoms with van der Waals surface area (Å²) in [5.74, 6) is 1.56. The molecule has 0 aliphatic rings. The average molecular weight is 303 g/mol. The van der Waals surface area contributed by atoms with Crippen LogP contribution in [0.25, 0.3) is 0 Å². The Kier molecular flexibility index (Phi) is 5.43. The van der Waals surface area contributed by atoms with Crippen molar-refractivity contribution in [1.82, 2.24) is 10.2 Å². The molecular weight excluding hydrogens is 282 g/mol. The summed E-state index contributed by atoms with van der Waals surface area (Å²) >= 11 is 0. The smallest absolute Gasteiger partial charge is 0.319 e. The quantitative estimate of drug-likeness (QED) is 0.861. The number of likely N-dealkylation sites (N-methyl/N-ethyl adjacent to an activating group) is 1. The van der Waals surface area contributed by atoms with Crippen molar-refractivity contribution in [3.8, 4) is 5.75 Å². The number of anilines is 1. The summed E-state index contributed by atoms with van der Waals surface area (Å²) in [5.41, 5.74) is 0.706. The Hall–Kier alpha value is -2.47. The molecule has 1 aromatic heterocycles. The standard InChI is InChI=1S/C16H21N3O3/c1-19(2)14(15-5-4-10-22-15)11-17-16(20)18-12-6-8-13(21-3)9-7-12/h4-10,14H,11H2,1-3H3,(H2,17,18,20). The lowest BCUT2D eigenvalue weighted by Gasteiger charge is -2.22. The van der Waals surface area contributed by atoms with Crippen molar-refractivity contribution >= 4 is 11.7 Å². The predicted octanol–water partition coefficient (Wildman–Crippen LogP) is 2.71. The molecule has 0 saturated carbocycles. The van der Waals surface area contributed by atoms with Crippen LogP contribution in [0.1, 0.15) is 11.8 Å². The number of rotatable bonds is 6. The second-order valence-corrected chi connectivity index (χ2v) is 5.06. The number of methoxy groups -OCH3 is 1. The highest BCUT2D eigenvalue weighted by Gasteiger charge is 2.17. The summed E-state index contributed by atoms with van der Waals surface area (Å²) in [4.78, 5) is 14.0. The van der Waals surface area contributed by atoms with E-state index in [9.17, 15) is 4.79 Å². The van der Waals surface area contributed by atoms with Gasteiger partial charge in [0.05, 0.1) is 19.4 Å². The van der Waals surface area contributed by atoms with E-state index in [2.05, 4.69) is 10.6 Å². The lowest BCUT2D eigenvalue weighted by Crippen LogP contribution is -2.36. The van der Waals surface area contributed by atoms with E-state index in [4.69, 9.17) is 9.15 Å². The van der Waals surface area contributed by atoms with E-state index in [1.807, 2.05) is 31.1 Å². The van der Waals surface area contributed by atoms with Gasteiger partial charge < -0.3 is 19.8 Å². The maximum absolute atomic E-state index is 12.0. The first kappa shape index (κ1) is 15.9. The van der Waals surface area contributed by atoms with Crippen molar-refractivity contribution in [2.75, 3.05) is 33.1 Å². The number of ether oxygens (including phenoxy) is 1. The average Bonchev–Trinajstić information content (AvgIpc) is 3.02. The molecule has 1 unspecified atom stereocenters. The highest BCUT2D eigenvalue weighted by molar-refractivity contribution is 5.89. The van der Waals surface area contributed by atoms with E-state index >= 15 is 0 Å². The molecule has 0 aliphatic heterocycles. The molecule has 2 N–H and O–H groups in total. The third-order valence-electron chi connectivity index (χ3n) is 3.30. The van der Waals surface area contributed by atoms with Gasteiger partial charge in [-0.1, -0.05) is 0 Å². The van der Waals surface area contributed by atoms with Gasteiger partial charge in [0.15, 0.2) is 0 Å². The van der Waals surface area contributed by atoms with Crippen molar-refractivity contribution in [2.45, 2.75) is 6.04 Å². The second kappa shape index (κ2) is 7.51. The minimum absolute atomic E-state index is 0.0170. The molecule has 0 spiro atoms. The number of amides is 2. The van der Waals surface area contributed by atoms with E-state index < -0.39 is 0 Å². The number of carbonyl (C=O) groups is 1. The normalized spacial score (nSPS) is 12.0. The first-order valence-corrected chi connectivity index (χ1v) is 6.99. The van der Waals surface area contributed by atoms with Gasteiger partial charge in [0, 0.05) is 12.2 Å². The highest BCUT2D eigenvalue weighted by atomic mass is 16.5. The Morgan fingerprint density at radius 3 is 2.55 bits per heavy atom. The molecule has 2 amide bonds. The fourth-order valence-electron chi connectivity index (χ4n) is 2.06. The number of nitrogens with one attached hydrogen (secondary N) is 2. The van der Waals surface area contributed by atoms with Crippen molar-refractivity contribution in [3.05, 3.63) is 48.4 Å². The van der Waals surface area contributed by atoms with Crippen LogP contribution in [0.3, 0.4) is 0 Å². The number of hydrogen-bond donors (Lipinski definition) is 2. The molecule has 0 radical (unpaired) electrons. The van der Waals surface area contributed by atoms with Gasteiger partial charge in [-0.05, 0) is 50.5 Å². The van der Waals surface area contributed by atoms with Gasteiger partial charge in [0.25, 0.3) is 0 Å². The van der Waals surface area contributed by atoms with Crippen LogP contribution in [0.4, 0.5) is 10.5 Å². The topological polar surface area (TPSA) is 66.7 Å². The molecule has 0 fully saturated rings. The molecule has 1 heterocycles. The fraction of sp³-hybridized carbons (Fsp3) is 0.312. The Morgan fingerprint density at radius 1 is 1.27 bits per heavy atom. The SMILES string of the molecule is COc1ccc(NC(=O)NCC(c2ccco2)N(C)C)cc1. The van der Waals surface area contributed by atoms with Crippen molar-refractivity contribution in [3.63, 3.8) is 0 Å². The van der Waals surface area contributed by atoms with Crippen LogP contribution in [0, 0.1) is 0 Å². The molecule has 0 aliphatic carbocycles.